The van der Waals surface area contributed by atoms with Gasteiger partial charge in [0.05, 0.1) is 32.6 Å². The summed E-state index contributed by atoms with van der Waals surface area (Å²) in [5.74, 6) is -0.336. The number of ether oxygens (including phenoxy) is 1. The molecule has 1 N–H and O–H groups in total. The van der Waals surface area contributed by atoms with E-state index in [2.05, 4.69) is 49.0 Å². The number of hydrogen-bond acceptors (Lipinski definition) is 4. The fourth-order valence-corrected chi connectivity index (χ4v) is 6.57. The number of anilines is 1. The molecule has 1 aliphatic rings. The third kappa shape index (κ3) is 5.57. The lowest BCUT2D eigenvalue weighted by molar-refractivity contribution is -0.144. The molecule has 2 aromatic carbocycles. The number of benzene rings is 2. The van der Waals surface area contributed by atoms with Crippen LogP contribution in [-0.2, 0) is 33.8 Å². The van der Waals surface area contributed by atoms with Gasteiger partial charge in [-0.1, -0.05) is 61.2 Å². The third-order valence-corrected chi connectivity index (χ3v) is 9.30. The van der Waals surface area contributed by atoms with E-state index >= 15 is 0 Å². The fraction of sp³-hybridized carbons (Fsp3) is 0.385. The molecular weight excluding hydrogens is 478 g/mol. The molecular formula is C26H33N3O4SSi. The van der Waals surface area contributed by atoms with E-state index in [1.807, 2.05) is 24.3 Å². The van der Waals surface area contributed by atoms with E-state index in [4.69, 9.17) is 4.74 Å². The molecule has 4 rings (SSSR count). The van der Waals surface area contributed by atoms with Crippen LogP contribution in [0.5, 0.6) is 0 Å². The SMILES string of the molecule is CCOC(=O)Cn1ncc2c1CCCC2N(c1ccc(-c2cccc([Si](C)(C)C)c2)cc1)S(=O)O. The molecule has 2 unspecified atom stereocenters. The summed E-state index contributed by atoms with van der Waals surface area (Å²) in [4.78, 5) is 12.0. The first kappa shape index (κ1) is 25.3. The summed E-state index contributed by atoms with van der Waals surface area (Å²) < 4.78 is 31.1. The van der Waals surface area contributed by atoms with Gasteiger partial charge in [0, 0.05) is 11.3 Å². The largest absolute Gasteiger partial charge is 0.465 e. The molecule has 0 saturated heterocycles. The van der Waals surface area contributed by atoms with E-state index in [0.717, 1.165) is 41.6 Å². The van der Waals surface area contributed by atoms with Gasteiger partial charge in [0.1, 0.15) is 6.54 Å². The van der Waals surface area contributed by atoms with Gasteiger partial charge < -0.3 is 4.74 Å². The van der Waals surface area contributed by atoms with Crippen LogP contribution in [0.1, 0.15) is 37.1 Å². The Morgan fingerprint density at radius 1 is 1.20 bits per heavy atom. The summed E-state index contributed by atoms with van der Waals surface area (Å²) >= 11 is -2.22. The van der Waals surface area contributed by atoms with Crippen molar-refractivity contribution in [2.45, 2.75) is 58.4 Å². The highest BCUT2D eigenvalue weighted by Crippen LogP contribution is 2.38. The molecule has 1 aromatic heterocycles. The predicted octanol–water partition coefficient (Wildman–Crippen LogP) is 4.68. The highest BCUT2D eigenvalue weighted by Gasteiger charge is 2.32. The molecule has 0 spiro atoms. The van der Waals surface area contributed by atoms with E-state index in [9.17, 15) is 13.6 Å². The van der Waals surface area contributed by atoms with E-state index in [1.54, 1.807) is 17.8 Å². The average molecular weight is 512 g/mol. The van der Waals surface area contributed by atoms with Gasteiger partial charge in [0.25, 0.3) is 11.3 Å². The molecule has 0 fully saturated rings. The zero-order valence-corrected chi connectivity index (χ0v) is 22.5. The van der Waals surface area contributed by atoms with Gasteiger partial charge in [0.2, 0.25) is 0 Å². The van der Waals surface area contributed by atoms with Crippen LogP contribution in [0.15, 0.2) is 54.7 Å². The Kier molecular flexibility index (Phi) is 7.58. The molecule has 0 amide bonds. The maximum Gasteiger partial charge on any atom is 0.327 e. The van der Waals surface area contributed by atoms with Crippen molar-refractivity contribution in [1.29, 1.82) is 0 Å². The van der Waals surface area contributed by atoms with Crippen LogP contribution < -0.4 is 9.49 Å². The molecule has 0 radical (unpaired) electrons. The van der Waals surface area contributed by atoms with Crippen molar-refractivity contribution in [1.82, 2.24) is 9.78 Å². The summed E-state index contributed by atoms with van der Waals surface area (Å²) in [6, 6.07) is 16.2. The van der Waals surface area contributed by atoms with Gasteiger partial charge >= 0.3 is 5.97 Å². The van der Waals surface area contributed by atoms with Crippen LogP contribution in [-0.4, -0.2) is 39.2 Å². The Morgan fingerprint density at radius 3 is 2.60 bits per heavy atom. The Labute approximate surface area is 210 Å². The minimum absolute atomic E-state index is 0.0449. The molecule has 1 aliphatic carbocycles. The minimum Gasteiger partial charge on any atom is -0.465 e. The van der Waals surface area contributed by atoms with Crippen molar-refractivity contribution in [3.63, 3.8) is 0 Å². The van der Waals surface area contributed by atoms with Gasteiger partial charge in [-0.2, -0.15) is 5.10 Å². The number of nitrogens with zero attached hydrogens (tertiary/aromatic N) is 3. The number of esters is 1. The molecule has 1 heterocycles. The normalized spacial score (nSPS) is 16.4. The predicted molar refractivity (Wildman–Crippen MR) is 143 cm³/mol. The molecule has 0 aliphatic heterocycles. The maximum atomic E-state index is 12.5. The van der Waals surface area contributed by atoms with Crippen molar-refractivity contribution in [3.8, 4) is 11.1 Å². The van der Waals surface area contributed by atoms with Crippen molar-refractivity contribution in [2.24, 2.45) is 0 Å². The smallest absolute Gasteiger partial charge is 0.327 e. The number of rotatable bonds is 8. The molecule has 35 heavy (non-hydrogen) atoms. The maximum absolute atomic E-state index is 12.5. The number of carbonyl (C=O) groups is 1. The van der Waals surface area contributed by atoms with Crippen LogP contribution in [0, 0.1) is 0 Å². The van der Waals surface area contributed by atoms with Crippen LogP contribution in [0.25, 0.3) is 11.1 Å². The highest BCUT2D eigenvalue weighted by atomic mass is 32.2. The minimum atomic E-state index is -2.22. The topological polar surface area (TPSA) is 84.7 Å². The quantitative estimate of drug-likeness (QED) is 0.270. The van der Waals surface area contributed by atoms with Crippen molar-refractivity contribution in [3.05, 3.63) is 66.0 Å². The molecule has 2 atom stereocenters. The number of carbonyl (C=O) groups excluding carboxylic acids is 1. The lowest BCUT2D eigenvalue weighted by Gasteiger charge is -2.33. The van der Waals surface area contributed by atoms with Gasteiger partial charge in [-0.25, -0.2) is 4.21 Å². The van der Waals surface area contributed by atoms with Crippen molar-refractivity contribution in [2.75, 3.05) is 10.9 Å². The zero-order chi connectivity index (χ0) is 25.2. The lowest BCUT2D eigenvalue weighted by Crippen LogP contribution is -2.37. The van der Waals surface area contributed by atoms with Crippen molar-refractivity contribution >= 4 is 36.2 Å². The van der Waals surface area contributed by atoms with Crippen LogP contribution >= 0.6 is 0 Å². The fourth-order valence-electron chi connectivity index (χ4n) is 4.65. The Bertz CT molecular complexity index is 1220. The zero-order valence-electron chi connectivity index (χ0n) is 20.7. The van der Waals surface area contributed by atoms with Gasteiger partial charge in [-0.05, 0) is 49.4 Å². The first-order valence-corrected chi connectivity index (χ1v) is 16.6. The second-order valence-corrected chi connectivity index (χ2v) is 15.8. The second-order valence-electron chi connectivity index (χ2n) is 9.85. The average Bonchev–Trinajstić information content (AvgIpc) is 3.22. The third-order valence-electron chi connectivity index (χ3n) is 6.45. The van der Waals surface area contributed by atoms with E-state index < -0.39 is 19.3 Å². The Morgan fingerprint density at radius 2 is 1.94 bits per heavy atom. The molecule has 3 aromatic rings. The first-order valence-electron chi connectivity index (χ1n) is 12.0. The van der Waals surface area contributed by atoms with E-state index in [1.165, 1.54) is 9.49 Å². The summed E-state index contributed by atoms with van der Waals surface area (Å²) in [7, 11) is -1.43. The van der Waals surface area contributed by atoms with Crippen LogP contribution in [0.2, 0.25) is 19.6 Å². The van der Waals surface area contributed by atoms with Crippen molar-refractivity contribution < 1.29 is 18.3 Å². The van der Waals surface area contributed by atoms with Gasteiger partial charge in [-0.3, -0.25) is 18.3 Å². The summed E-state index contributed by atoms with van der Waals surface area (Å²) in [6.07, 6.45) is 4.05. The molecule has 186 valence electrons. The lowest BCUT2D eigenvalue weighted by atomic mass is 9.92. The van der Waals surface area contributed by atoms with Crippen LogP contribution in [0.4, 0.5) is 5.69 Å². The first-order chi connectivity index (χ1) is 16.7. The van der Waals surface area contributed by atoms with Crippen LogP contribution in [0.3, 0.4) is 0 Å². The standard InChI is InChI=1S/C26H33N3O4SSi/c1-5-33-26(30)18-28-24-10-7-11-25(23(24)17-27-28)29(34(31)32)21-14-12-19(13-15-21)20-8-6-9-22(16-20)35(2,3)4/h6,8-9,12-17,25H,5,7,10-11,18H2,1-4H3,(H,31,32). The number of aromatic nitrogens is 2. The van der Waals surface area contributed by atoms with E-state index in [-0.39, 0.29) is 18.6 Å². The number of fused-ring (bicyclic) bond motifs is 1. The second kappa shape index (κ2) is 10.5. The molecule has 9 heteroatoms. The monoisotopic (exact) mass is 511 g/mol. The Balaban J connectivity index is 1.62. The summed E-state index contributed by atoms with van der Waals surface area (Å²) in [6.45, 7) is 9.13. The van der Waals surface area contributed by atoms with Gasteiger partial charge in [0.15, 0.2) is 0 Å². The Hall–Kier alpha value is -2.75. The molecule has 0 saturated carbocycles. The highest BCUT2D eigenvalue weighted by molar-refractivity contribution is 7.80. The number of hydrogen-bond donors (Lipinski definition) is 1. The van der Waals surface area contributed by atoms with Gasteiger partial charge in [-0.15, -0.1) is 0 Å². The summed E-state index contributed by atoms with van der Waals surface area (Å²) in [5, 5.41) is 5.79. The summed E-state index contributed by atoms with van der Waals surface area (Å²) in [5.41, 5.74) is 4.70. The molecule has 7 nitrogen and oxygen atoms in total. The molecule has 0 bridgehead atoms. The van der Waals surface area contributed by atoms with E-state index in [0.29, 0.717) is 12.3 Å².